The van der Waals surface area contributed by atoms with Gasteiger partial charge in [-0.05, 0) is 71.4 Å². The van der Waals surface area contributed by atoms with E-state index in [2.05, 4.69) is 171 Å². The maximum atomic E-state index is 10.9. The molecule has 1 N–H and O–H groups in total. The van der Waals surface area contributed by atoms with Crippen LogP contribution in [0.25, 0.3) is 93.3 Å². The third-order valence-electron chi connectivity index (χ3n) is 11.0. The molecular weight excluding hydrogens is 647 g/mol. The van der Waals surface area contributed by atoms with Gasteiger partial charge in [-0.2, -0.15) is 5.26 Å². The van der Waals surface area contributed by atoms with E-state index in [0.29, 0.717) is 5.56 Å². The largest absolute Gasteiger partial charge is 0.309 e. The average molecular weight is 676 g/mol. The van der Waals surface area contributed by atoms with Gasteiger partial charge in [0.1, 0.15) is 6.07 Å². The summed E-state index contributed by atoms with van der Waals surface area (Å²) in [6.45, 7) is 0. The number of hydrogen-bond donors (Lipinski definition) is 1. The molecule has 5 heteroatoms. The lowest BCUT2D eigenvalue weighted by Crippen LogP contribution is -2.09. The van der Waals surface area contributed by atoms with Gasteiger partial charge in [0.25, 0.3) is 0 Å². The highest BCUT2D eigenvalue weighted by atomic mass is 15.1. The molecule has 0 bridgehead atoms. The molecule has 0 fully saturated rings. The molecule has 11 aromatic rings. The summed E-state index contributed by atoms with van der Waals surface area (Å²) >= 11 is 0. The van der Waals surface area contributed by atoms with Crippen molar-refractivity contribution in [2.24, 2.45) is 0 Å². The molecule has 5 nitrogen and oxygen atoms in total. The molecule has 11 rings (SSSR count). The Morgan fingerprint density at radius 1 is 0.434 bits per heavy atom. The van der Waals surface area contributed by atoms with Crippen molar-refractivity contribution in [1.29, 1.82) is 10.7 Å². The Morgan fingerprint density at radius 3 is 1.51 bits per heavy atom. The maximum absolute atomic E-state index is 10.9. The molecule has 0 radical (unpaired) electrons. The van der Waals surface area contributed by atoms with Gasteiger partial charge in [-0.3, -0.25) is 0 Å². The molecule has 3 heterocycles. The molecule has 0 aliphatic carbocycles. The first kappa shape index (κ1) is 29.3. The molecule has 0 aliphatic rings. The van der Waals surface area contributed by atoms with Crippen molar-refractivity contribution in [3.8, 4) is 23.1 Å². The van der Waals surface area contributed by atoms with Crippen molar-refractivity contribution in [2.75, 3.05) is 0 Å². The molecule has 0 saturated carbocycles. The number of hydrogen-bond acceptors (Lipinski definition) is 2. The summed E-state index contributed by atoms with van der Waals surface area (Å²) < 4.78 is 6.86. The first-order valence-corrected chi connectivity index (χ1v) is 17.8. The third kappa shape index (κ3) is 3.98. The minimum atomic E-state index is 0.533. The number of aromatic nitrogens is 3. The number of nitriles is 1. The van der Waals surface area contributed by atoms with Crippen molar-refractivity contribution in [3.63, 3.8) is 0 Å². The van der Waals surface area contributed by atoms with E-state index in [9.17, 15) is 5.26 Å². The van der Waals surface area contributed by atoms with Crippen LogP contribution in [0.15, 0.2) is 164 Å². The van der Waals surface area contributed by atoms with E-state index in [1.165, 1.54) is 17.0 Å². The summed E-state index contributed by atoms with van der Waals surface area (Å²) in [6.07, 6.45) is 1.41. The molecular formula is C48H29N5. The fourth-order valence-electron chi connectivity index (χ4n) is 8.79. The topological polar surface area (TPSA) is 62.4 Å². The Labute approximate surface area is 303 Å². The zero-order valence-electron chi connectivity index (χ0n) is 28.5. The number of para-hydroxylation sites is 4. The summed E-state index contributed by atoms with van der Waals surface area (Å²) in [5, 5.41) is 28.8. The number of fused-ring (bicyclic) bond motifs is 11. The van der Waals surface area contributed by atoms with Gasteiger partial charge in [-0.1, -0.05) is 103 Å². The molecule has 0 saturated heterocycles. The normalized spacial score (nSPS) is 11.8. The molecule has 53 heavy (non-hydrogen) atoms. The summed E-state index contributed by atoms with van der Waals surface area (Å²) in [5.41, 5.74) is 10.2. The predicted molar refractivity (Wildman–Crippen MR) is 220 cm³/mol. The van der Waals surface area contributed by atoms with Crippen molar-refractivity contribution in [1.82, 2.24) is 13.7 Å². The zero-order chi connectivity index (χ0) is 35.2. The van der Waals surface area contributed by atoms with Crippen LogP contribution in [0.4, 0.5) is 0 Å². The van der Waals surface area contributed by atoms with Crippen LogP contribution in [0.3, 0.4) is 0 Å². The second-order valence-corrected chi connectivity index (χ2v) is 13.6. The van der Waals surface area contributed by atoms with Crippen molar-refractivity contribution in [3.05, 3.63) is 175 Å². The lowest BCUT2D eigenvalue weighted by Gasteiger charge is -2.20. The first-order valence-electron chi connectivity index (χ1n) is 17.8. The second-order valence-electron chi connectivity index (χ2n) is 13.6. The number of benzene rings is 8. The van der Waals surface area contributed by atoms with Gasteiger partial charge in [-0.25, -0.2) is 0 Å². The zero-order valence-corrected chi connectivity index (χ0v) is 28.5. The molecule has 3 aromatic heterocycles. The summed E-state index contributed by atoms with van der Waals surface area (Å²) in [7, 11) is 0. The van der Waals surface area contributed by atoms with E-state index in [4.69, 9.17) is 5.41 Å². The quantitative estimate of drug-likeness (QED) is 0.185. The number of nitrogens with one attached hydrogen (secondary N) is 1. The van der Waals surface area contributed by atoms with Crippen LogP contribution in [-0.2, 0) is 0 Å². The van der Waals surface area contributed by atoms with Gasteiger partial charge in [0.05, 0.1) is 50.0 Å². The van der Waals surface area contributed by atoms with Crippen molar-refractivity contribution >= 4 is 82.4 Å². The lowest BCUT2D eigenvalue weighted by atomic mass is 10.0. The molecule has 0 spiro atoms. The molecule has 0 amide bonds. The molecule has 0 unspecified atom stereocenters. The monoisotopic (exact) mass is 675 g/mol. The maximum Gasteiger partial charge on any atom is 0.101 e. The van der Waals surface area contributed by atoms with E-state index in [0.717, 1.165) is 88.0 Å². The van der Waals surface area contributed by atoms with Gasteiger partial charge in [-0.15, -0.1) is 0 Å². The fraction of sp³-hybridized carbons (Fsp3) is 0. The lowest BCUT2D eigenvalue weighted by molar-refractivity contribution is 1.08. The second kappa shape index (κ2) is 11.0. The Hall–Kier alpha value is -7.42. The predicted octanol–water partition coefficient (Wildman–Crippen LogP) is 12.0. The Morgan fingerprint density at radius 2 is 0.925 bits per heavy atom. The number of nitrogens with zero attached hydrogens (tertiary/aromatic N) is 4. The number of rotatable bonds is 4. The fourth-order valence-corrected chi connectivity index (χ4v) is 8.79. The minimum Gasteiger partial charge on any atom is -0.309 e. The highest BCUT2D eigenvalue weighted by Gasteiger charge is 2.25. The van der Waals surface area contributed by atoms with Crippen LogP contribution >= 0.6 is 0 Å². The SMILES string of the molecule is N#Cc1ccc(C=N)c(-n2c3ccccc3c3ccccc32)c1-n1c2ccc(-n3c4ccccc4c4ccccc43)cc2c2c3ccccc3ccc21. The molecule has 246 valence electrons. The Bertz CT molecular complexity index is 3280. The van der Waals surface area contributed by atoms with Crippen molar-refractivity contribution < 1.29 is 0 Å². The molecule has 8 aromatic carbocycles. The van der Waals surface area contributed by atoms with E-state index in [1.807, 2.05) is 12.1 Å². The van der Waals surface area contributed by atoms with Gasteiger partial charge in [0.2, 0.25) is 0 Å². The Balaban J connectivity index is 1.32. The van der Waals surface area contributed by atoms with Crippen LogP contribution in [0.1, 0.15) is 11.1 Å². The van der Waals surface area contributed by atoms with Crippen LogP contribution < -0.4 is 0 Å². The van der Waals surface area contributed by atoms with Crippen LogP contribution in [-0.4, -0.2) is 19.9 Å². The van der Waals surface area contributed by atoms with Crippen LogP contribution in [0.5, 0.6) is 0 Å². The van der Waals surface area contributed by atoms with Gasteiger partial charge in [0, 0.05) is 49.8 Å². The van der Waals surface area contributed by atoms with Gasteiger partial charge >= 0.3 is 0 Å². The minimum absolute atomic E-state index is 0.533. The Kier molecular flexibility index (Phi) is 6.11. The summed E-state index contributed by atoms with van der Waals surface area (Å²) in [4.78, 5) is 0. The van der Waals surface area contributed by atoms with E-state index >= 15 is 0 Å². The molecule has 0 atom stereocenters. The highest BCUT2D eigenvalue weighted by Crippen LogP contribution is 2.43. The van der Waals surface area contributed by atoms with E-state index in [1.54, 1.807) is 0 Å². The van der Waals surface area contributed by atoms with Gasteiger partial charge < -0.3 is 19.1 Å². The van der Waals surface area contributed by atoms with Gasteiger partial charge in [0.15, 0.2) is 0 Å². The van der Waals surface area contributed by atoms with E-state index in [-0.39, 0.29) is 0 Å². The smallest absolute Gasteiger partial charge is 0.101 e. The van der Waals surface area contributed by atoms with Crippen molar-refractivity contribution in [2.45, 2.75) is 0 Å². The third-order valence-corrected chi connectivity index (χ3v) is 11.0. The average Bonchev–Trinajstić information content (AvgIpc) is 3.86. The van der Waals surface area contributed by atoms with Crippen LogP contribution in [0, 0.1) is 16.7 Å². The van der Waals surface area contributed by atoms with Crippen LogP contribution in [0.2, 0.25) is 0 Å². The summed E-state index contributed by atoms with van der Waals surface area (Å²) in [6, 6.07) is 59.9. The first-order chi connectivity index (χ1) is 26.2. The highest BCUT2D eigenvalue weighted by molar-refractivity contribution is 6.22. The summed E-state index contributed by atoms with van der Waals surface area (Å²) in [5.74, 6) is 0. The standard InChI is InChI=1S/C48H29N5/c49-28-31-21-22-32(29-50)48(47(31)52-42-19-9-5-15-37(42)38-16-6-10-20-43(38)52)53-44-26-24-33(27-39(44)46-34-12-2-1-11-30(34)23-25-45(46)53)51-40-17-7-3-13-35(40)36-14-4-8-18-41(36)51/h1-28,49H. The van der Waals surface area contributed by atoms with E-state index < -0.39 is 0 Å². The molecule has 0 aliphatic heterocycles.